The van der Waals surface area contributed by atoms with Gasteiger partial charge in [-0.05, 0) is 43.7 Å². The lowest BCUT2D eigenvalue weighted by molar-refractivity contribution is 0.336. The van der Waals surface area contributed by atoms with E-state index >= 15 is 0 Å². The quantitative estimate of drug-likeness (QED) is 0.672. The normalized spacial score (nSPS) is 13.0. The average molecular weight is 377 g/mol. The molecule has 0 saturated carbocycles. The number of rotatable bonds is 7. The molecule has 1 N–H and O–H groups in total. The van der Waals surface area contributed by atoms with Crippen LogP contribution < -0.4 is 9.46 Å². The number of para-hydroxylation sites is 1. The first kappa shape index (κ1) is 18.4. The molecule has 0 amide bonds. The van der Waals surface area contributed by atoms with Crippen molar-refractivity contribution < 1.29 is 22.0 Å². The van der Waals surface area contributed by atoms with Gasteiger partial charge in [0.25, 0.3) is 0 Å². The van der Waals surface area contributed by atoms with Gasteiger partial charge in [-0.15, -0.1) is 0 Å². The van der Waals surface area contributed by atoms with Gasteiger partial charge in [-0.2, -0.15) is 0 Å². The Morgan fingerprint density at radius 3 is 2.62 bits per heavy atom. The molecule has 7 heteroatoms. The van der Waals surface area contributed by atoms with Crippen molar-refractivity contribution in [3.05, 3.63) is 65.7 Å². The third kappa shape index (κ3) is 4.23. The summed E-state index contributed by atoms with van der Waals surface area (Å²) in [6.45, 7) is 4.10. The number of sulfonamides is 1. The summed E-state index contributed by atoms with van der Waals surface area (Å²) in [4.78, 5) is 0. The van der Waals surface area contributed by atoms with Gasteiger partial charge in [0.15, 0.2) is 11.3 Å². The van der Waals surface area contributed by atoms with E-state index in [0.29, 0.717) is 29.3 Å². The maximum Gasteiger partial charge on any atom is 0.216 e. The predicted octanol–water partition coefficient (Wildman–Crippen LogP) is 4.15. The van der Waals surface area contributed by atoms with Crippen molar-refractivity contribution in [2.75, 3.05) is 6.61 Å². The highest BCUT2D eigenvalue weighted by molar-refractivity contribution is 7.88. The van der Waals surface area contributed by atoms with E-state index in [1.165, 1.54) is 24.3 Å². The number of furan rings is 1. The van der Waals surface area contributed by atoms with Gasteiger partial charge >= 0.3 is 0 Å². The second-order valence-corrected chi connectivity index (χ2v) is 7.74. The Balaban J connectivity index is 1.78. The lowest BCUT2D eigenvalue weighted by atomic mass is 10.2. The third-order valence-electron chi connectivity index (χ3n) is 3.88. The van der Waals surface area contributed by atoms with Crippen LogP contribution in [0.1, 0.15) is 31.2 Å². The largest absolute Gasteiger partial charge is 0.490 e. The number of nitrogens with one attached hydrogen (secondary N) is 1. The molecule has 2 aromatic carbocycles. The van der Waals surface area contributed by atoms with Crippen LogP contribution in [0.4, 0.5) is 4.39 Å². The van der Waals surface area contributed by atoms with Gasteiger partial charge in [-0.1, -0.05) is 24.3 Å². The van der Waals surface area contributed by atoms with Crippen LogP contribution in [-0.4, -0.2) is 15.0 Å². The third-order valence-corrected chi connectivity index (χ3v) is 5.31. The fourth-order valence-corrected chi connectivity index (χ4v) is 4.08. The van der Waals surface area contributed by atoms with Crippen LogP contribution in [0.2, 0.25) is 0 Å². The summed E-state index contributed by atoms with van der Waals surface area (Å²) in [7, 11) is -3.62. The number of fused-ring (bicyclic) bond motifs is 1. The van der Waals surface area contributed by atoms with Crippen LogP contribution in [-0.2, 0) is 15.8 Å². The minimum atomic E-state index is -3.62. The van der Waals surface area contributed by atoms with Crippen molar-refractivity contribution in [3.8, 4) is 5.75 Å². The maximum atomic E-state index is 13.0. The summed E-state index contributed by atoms with van der Waals surface area (Å²) in [5.41, 5.74) is 1.10. The SMILES string of the molecule is CCOc1cccc2cc(C(C)NS(=O)(=O)Cc3ccc(F)cc3)oc12. The fourth-order valence-electron chi connectivity index (χ4n) is 2.71. The molecule has 3 rings (SSSR count). The molecular formula is C19H20FNO4S. The van der Waals surface area contributed by atoms with Gasteiger partial charge in [0.1, 0.15) is 11.6 Å². The Kier molecular flexibility index (Phi) is 5.29. The molecule has 138 valence electrons. The Bertz CT molecular complexity index is 996. The topological polar surface area (TPSA) is 68.5 Å². The van der Waals surface area contributed by atoms with E-state index in [1.807, 2.05) is 25.1 Å². The molecule has 5 nitrogen and oxygen atoms in total. The lowest BCUT2D eigenvalue weighted by Crippen LogP contribution is -2.27. The predicted molar refractivity (Wildman–Crippen MR) is 98.0 cm³/mol. The molecule has 0 aliphatic carbocycles. The zero-order chi connectivity index (χ0) is 18.7. The molecule has 0 saturated heterocycles. The van der Waals surface area contributed by atoms with E-state index < -0.39 is 21.9 Å². The molecule has 1 unspecified atom stereocenters. The molecule has 0 radical (unpaired) electrons. The molecule has 1 aromatic heterocycles. The van der Waals surface area contributed by atoms with E-state index in [4.69, 9.17) is 9.15 Å². The molecule has 0 aliphatic heterocycles. The van der Waals surface area contributed by atoms with E-state index in [2.05, 4.69) is 4.72 Å². The maximum absolute atomic E-state index is 13.0. The molecule has 0 spiro atoms. The number of halogens is 1. The second kappa shape index (κ2) is 7.47. The molecule has 0 aliphatic rings. The molecule has 26 heavy (non-hydrogen) atoms. The average Bonchev–Trinajstić information content (AvgIpc) is 3.02. The summed E-state index contributed by atoms with van der Waals surface area (Å²) in [6, 6.07) is 12.2. The van der Waals surface area contributed by atoms with Crippen molar-refractivity contribution in [1.82, 2.24) is 4.72 Å². The van der Waals surface area contributed by atoms with Crippen LogP contribution in [0.5, 0.6) is 5.75 Å². The standard InChI is InChI=1S/C19H20FNO4S/c1-3-24-17-6-4-5-15-11-18(25-19(15)17)13(2)21-26(22,23)12-14-7-9-16(20)10-8-14/h4-11,13,21H,3,12H2,1-2H3. The highest BCUT2D eigenvalue weighted by atomic mass is 32.2. The summed E-state index contributed by atoms with van der Waals surface area (Å²) < 4.78 is 51.7. The van der Waals surface area contributed by atoms with Crippen molar-refractivity contribution in [3.63, 3.8) is 0 Å². The van der Waals surface area contributed by atoms with Gasteiger partial charge in [0, 0.05) is 5.39 Å². The van der Waals surface area contributed by atoms with Crippen LogP contribution in [0.3, 0.4) is 0 Å². The van der Waals surface area contributed by atoms with Crippen molar-refractivity contribution in [2.24, 2.45) is 0 Å². The van der Waals surface area contributed by atoms with Crippen LogP contribution in [0, 0.1) is 5.82 Å². The number of benzene rings is 2. The van der Waals surface area contributed by atoms with Crippen LogP contribution >= 0.6 is 0 Å². The Labute approximate surface area is 151 Å². The Hall–Kier alpha value is -2.38. The summed E-state index contributed by atoms with van der Waals surface area (Å²) in [5.74, 6) is 0.481. The highest BCUT2D eigenvalue weighted by Gasteiger charge is 2.20. The Morgan fingerprint density at radius 1 is 1.19 bits per heavy atom. The molecule has 1 heterocycles. The number of hydrogen-bond donors (Lipinski definition) is 1. The van der Waals surface area contributed by atoms with Crippen molar-refractivity contribution in [2.45, 2.75) is 25.6 Å². The smallest absolute Gasteiger partial charge is 0.216 e. The van der Waals surface area contributed by atoms with Crippen molar-refractivity contribution in [1.29, 1.82) is 0 Å². The minimum Gasteiger partial charge on any atom is -0.490 e. The van der Waals surface area contributed by atoms with Crippen molar-refractivity contribution >= 4 is 21.0 Å². The van der Waals surface area contributed by atoms with E-state index in [0.717, 1.165) is 5.39 Å². The molecule has 0 fully saturated rings. The Morgan fingerprint density at radius 2 is 1.92 bits per heavy atom. The summed E-state index contributed by atoms with van der Waals surface area (Å²) in [6.07, 6.45) is 0. The summed E-state index contributed by atoms with van der Waals surface area (Å²) in [5, 5.41) is 0.843. The van der Waals surface area contributed by atoms with E-state index in [-0.39, 0.29) is 5.75 Å². The van der Waals surface area contributed by atoms with E-state index in [9.17, 15) is 12.8 Å². The second-order valence-electron chi connectivity index (χ2n) is 5.98. The summed E-state index contributed by atoms with van der Waals surface area (Å²) >= 11 is 0. The minimum absolute atomic E-state index is 0.234. The molecule has 1 atom stereocenters. The first-order valence-corrected chi connectivity index (χ1v) is 9.93. The number of ether oxygens (including phenoxy) is 1. The van der Waals surface area contributed by atoms with Crippen LogP contribution in [0.15, 0.2) is 52.9 Å². The number of hydrogen-bond acceptors (Lipinski definition) is 4. The van der Waals surface area contributed by atoms with Gasteiger partial charge in [0.05, 0.1) is 18.4 Å². The fraction of sp³-hybridized carbons (Fsp3) is 0.263. The van der Waals surface area contributed by atoms with Gasteiger partial charge in [0.2, 0.25) is 10.0 Å². The zero-order valence-electron chi connectivity index (χ0n) is 14.5. The van der Waals surface area contributed by atoms with Gasteiger partial charge in [-0.3, -0.25) is 0 Å². The lowest BCUT2D eigenvalue weighted by Gasteiger charge is -2.12. The first-order valence-electron chi connectivity index (χ1n) is 8.27. The highest BCUT2D eigenvalue weighted by Crippen LogP contribution is 2.31. The zero-order valence-corrected chi connectivity index (χ0v) is 15.3. The van der Waals surface area contributed by atoms with Crippen LogP contribution in [0.25, 0.3) is 11.0 Å². The van der Waals surface area contributed by atoms with E-state index in [1.54, 1.807) is 13.0 Å². The molecular weight excluding hydrogens is 357 g/mol. The monoisotopic (exact) mass is 377 g/mol. The first-order chi connectivity index (χ1) is 12.4. The van der Waals surface area contributed by atoms with Gasteiger partial charge in [-0.25, -0.2) is 17.5 Å². The molecule has 3 aromatic rings. The molecule has 0 bridgehead atoms. The van der Waals surface area contributed by atoms with Gasteiger partial charge < -0.3 is 9.15 Å².